The van der Waals surface area contributed by atoms with Crippen LogP contribution in [0, 0.1) is 0 Å². The van der Waals surface area contributed by atoms with Crippen LogP contribution in [0.5, 0.6) is 5.75 Å². The third-order valence-electron chi connectivity index (χ3n) is 2.55. The summed E-state index contributed by atoms with van der Waals surface area (Å²) in [5.74, 6) is 0.704. The molecule has 0 saturated carbocycles. The van der Waals surface area contributed by atoms with Crippen LogP contribution in [0.4, 0.5) is 0 Å². The van der Waals surface area contributed by atoms with E-state index in [1.165, 1.54) is 0 Å². The molecule has 2 rings (SSSR count). The Hall–Kier alpha value is -2.30. The zero-order valence-corrected chi connectivity index (χ0v) is 10.0. The number of nitrogens with zero attached hydrogens (tertiary/aromatic N) is 1. The van der Waals surface area contributed by atoms with E-state index in [0.717, 1.165) is 17.1 Å². The summed E-state index contributed by atoms with van der Waals surface area (Å²) in [6.07, 6.45) is 2.17. The second-order valence-corrected chi connectivity index (χ2v) is 3.95. The number of aromatic nitrogens is 2. The minimum atomic E-state index is -0.866. The van der Waals surface area contributed by atoms with E-state index >= 15 is 0 Å². The molecule has 0 unspecified atom stereocenters. The zero-order chi connectivity index (χ0) is 13.0. The van der Waals surface area contributed by atoms with E-state index in [4.69, 9.17) is 9.84 Å². The fraction of sp³-hybridized carbons (Fsp3) is 0.231. The van der Waals surface area contributed by atoms with Crippen LogP contribution in [0.3, 0.4) is 0 Å². The molecule has 5 heteroatoms. The highest BCUT2D eigenvalue weighted by Gasteiger charge is 2.05. The van der Waals surface area contributed by atoms with E-state index < -0.39 is 5.97 Å². The molecule has 0 aliphatic rings. The van der Waals surface area contributed by atoms with Gasteiger partial charge >= 0.3 is 5.97 Å². The summed E-state index contributed by atoms with van der Waals surface area (Å²) in [6, 6.07) is 7.68. The van der Waals surface area contributed by atoms with Crippen LogP contribution in [0.15, 0.2) is 30.5 Å². The van der Waals surface area contributed by atoms with Gasteiger partial charge in [0.25, 0.3) is 0 Å². The zero-order valence-electron chi connectivity index (χ0n) is 10.0. The van der Waals surface area contributed by atoms with E-state index in [2.05, 4.69) is 9.97 Å². The van der Waals surface area contributed by atoms with Gasteiger partial charge in [0.2, 0.25) is 0 Å². The summed E-state index contributed by atoms with van der Waals surface area (Å²) in [5.41, 5.74) is 1.71. The molecule has 0 atom stereocenters. The van der Waals surface area contributed by atoms with Crippen molar-refractivity contribution in [3.8, 4) is 5.75 Å². The molecule has 1 aromatic heterocycles. The number of methoxy groups -OCH3 is 1. The van der Waals surface area contributed by atoms with E-state index in [9.17, 15) is 4.79 Å². The predicted molar refractivity (Wildman–Crippen MR) is 65.7 cm³/mol. The molecule has 0 aliphatic carbocycles. The van der Waals surface area contributed by atoms with Crippen LogP contribution in [-0.4, -0.2) is 28.2 Å². The number of hydrogen-bond donors (Lipinski definition) is 2. The van der Waals surface area contributed by atoms with Gasteiger partial charge in [-0.2, -0.15) is 0 Å². The normalized spacial score (nSPS) is 10.3. The predicted octanol–water partition coefficient (Wildman–Crippen LogP) is 1.64. The monoisotopic (exact) mass is 246 g/mol. The molecule has 1 aromatic carbocycles. The smallest absolute Gasteiger partial charge is 0.309 e. The average Bonchev–Trinajstić information content (AvgIpc) is 2.76. The number of carbonyl (C=O) groups is 1. The molecule has 0 bridgehead atoms. The molecule has 94 valence electrons. The highest BCUT2D eigenvalue weighted by molar-refractivity contribution is 5.69. The number of aliphatic carboxylic acids is 1. The Balaban J connectivity index is 2.03. The number of carboxylic acids is 1. The summed E-state index contributed by atoms with van der Waals surface area (Å²) in [4.78, 5) is 17.7. The Morgan fingerprint density at radius 2 is 2.11 bits per heavy atom. The van der Waals surface area contributed by atoms with Gasteiger partial charge in [0, 0.05) is 18.3 Å². The van der Waals surface area contributed by atoms with Crippen molar-refractivity contribution in [3.05, 3.63) is 47.5 Å². The molecule has 2 N–H and O–H groups in total. The summed E-state index contributed by atoms with van der Waals surface area (Å²) in [7, 11) is 1.62. The molecular formula is C13H14N2O3. The second-order valence-electron chi connectivity index (χ2n) is 3.95. The lowest BCUT2D eigenvalue weighted by atomic mass is 10.1. The van der Waals surface area contributed by atoms with Crippen LogP contribution < -0.4 is 4.74 Å². The van der Waals surface area contributed by atoms with Crippen molar-refractivity contribution >= 4 is 5.97 Å². The van der Waals surface area contributed by atoms with Crippen LogP contribution in [0.2, 0.25) is 0 Å². The molecule has 18 heavy (non-hydrogen) atoms. The van der Waals surface area contributed by atoms with Crippen LogP contribution >= 0.6 is 0 Å². The third-order valence-corrected chi connectivity index (χ3v) is 2.55. The standard InChI is InChI=1S/C13H14N2O3/c1-18-11-4-2-9(3-5-11)6-12-14-8-10(15-12)7-13(16)17/h2-5,8H,6-7H2,1H3,(H,14,15)(H,16,17). The SMILES string of the molecule is COc1ccc(Cc2ncc(CC(=O)O)[nH]2)cc1. The molecular weight excluding hydrogens is 232 g/mol. The lowest BCUT2D eigenvalue weighted by molar-refractivity contribution is -0.136. The molecule has 0 fully saturated rings. The first-order valence-corrected chi connectivity index (χ1v) is 5.55. The maximum absolute atomic E-state index is 10.5. The van der Waals surface area contributed by atoms with E-state index in [1.807, 2.05) is 24.3 Å². The van der Waals surface area contributed by atoms with Crippen molar-refractivity contribution in [2.75, 3.05) is 7.11 Å². The van der Waals surface area contributed by atoms with Crippen molar-refractivity contribution in [2.24, 2.45) is 0 Å². The van der Waals surface area contributed by atoms with Gasteiger partial charge in [-0.3, -0.25) is 4.79 Å². The largest absolute Gasteiger partial charge is 0.497 e. The molecule has 2 aromatic rings. The maximum Gasteiger partial charge on any atom is 0.309 e. The van der Waals surface area contributed by atoms with Gasteiger partial charge in [0.1, 0.15) is 11.6 Å². The van der Waals surface area contributed by atoms with Crippen molar-refractivity contribution in [1.29, 1.82) is 0 Å². The lowest BCUT2D eigenvalue weighted by Gasteiger charge is -2.01. The number of aromatic amines is 1. The molecule has 0 saturated heterocycles. The Morgan fingerprint density at radius 1 is 1.39 bits per heavy atom. The Morgan fingerprint density at radius 3 is 2.72 bits per heavy atom. The number of benzene rings is 1. The summed E-state index contributed by atoms with van der Waals surface area (Å²) < 4.78 is 5.08. The number of carboxylic acid groups (broad SMARTS) is 1. The number of imidazole rings is 1. The summed E-state index contributed by atoms with van der Waals surface area (Å²) in [5, 5.41) is 8.66. The first kappa shape index (κ1) is 12.2. The van der Waals surface area contributed by atoms with Crippen molar-refractivity contribution in [1.82, 2.24) is 9.97 Å². The number of nitrogens with one attached hydrogen (secondary N) is 1. The van der Waals surface area contributed by atoms with Crippen molar-refractivity contribution in [3.63, 3.8) is 0 Å². The van der Waals surface area contributed by atoms with Crippen LogP contribution in [0.25, 0.3) is 0 Å². The van der Waals surface area contributed by atoms with E-state index in [0.29, 0.717) is 12.1 Å². The van der Waals surface area contributed by atoms with Crippen LogP contribution in [0.1, 0.15) is 17.1 Å². The quantitative estimate of drug-likeness (QED) is 0.840. The van der Waals surface area contributed by atoms with Crippen molar-refractivity contribution in [2.45, 2.75) is 12.8 Å². The molecule has 0 spiro atoms. The Bertz CT molecular complexity index is 531. The van der Waals surface area contributed by atoms with Crippen LogP contribution in [-0.2, 0) is 17.6 Å². The number of H-pyrrole nitrogens is 1. The van der Waals surface area contributed by atoms with Gasteiger partial charge in [-0.05, 0) is 17.7 Å². The second kappa shape index (κ2) is 5.35. The first-order valence-electron chi connectivity index (χ1n) is 5.55. The summed E-state index contributed by atoms with van der Waals surface area (Å²) >= 11 is 0. The maximum atomic E-state index is 10.5. The number of ether oxygens (including phenoxy) is 1. The average molecular weight is 246 g/mol. The van der Waals surface area contributed by atoms with Gasteiger partial charge in [0.05, 0.1) is 13.5 Å². The molecule has 5 nitrogen and oxygen atoms in total. The van der Waals surface area contributed by atoms with Crippen molar-refractivity contribution < 1.29 is 14.6 Å². The highest BCUT2D eigenvalue weighted by Crippen LogP contribution is 2.13. The number of hydrogen-bond acceptors (Lipinski definition) is 3. The van der Waals surface area contributed by atoms with Gasteiger partial charge in [0.15, 0.2) is 0 Å². The fourth-order valence-electron chi connectivity index (χ4n) is 1.69. The Labute approximate surface area is 104 Å². The first-order chi connectivity index (χ1) is 8.67. The Kier molecular flexibility index (Phi) is 3.62. The van der Waals surface area contributed by atoms with Gasteiger partial charge < -0.3 is 14.8 Å². The molecule has 0 amide bonds. The van der Waals surface area contributed by atoms with Gasteiger partial charge in [-0.15, -0.1) is 0 Å². The van der Waals surface area contributed by atoms with Gasteiger partial charge in [-0.1, -0.05) is 12.1 Å². The molecule has 1 heterocycles. The number of rotatable bonds is 5. The fourth-order valence-corrected chi connectivity index (χ4v) is 1.69. The molecule has 0 aliphatic heterocycles. The van der Waals surface area contributed by atoms with E-state index in [-0.39, 0.29) is 6.42 Å². The minimum absolute atomic E-state index is 0.0321. The van der Waals surface area contributed by atoms with Gasteiger partial charge in [-0.25, -0.2) is 4.98 Å². The lowest BCUT2D eigenvalue weighted by Crippen LogP contribution is -2.00. The summed E-state index contributed by atoms with van der Waals surface area (Å²) in [6.45, 7) is 0. The minimum Gasteiger partial charge on any atom is -0.497 e. The highest BCUT2D eigenvalue weighted by atomic mass is 16.5. The third kappa shape index (κ3) is 3.10. The van der Waals surface area contributed by atoms with E-state index in [1.54, 1.807) is 13.3 Å². The molecule has 0 radical (unpaired) electrons. The topological polar surface area (TPSA) is 75.2 Å².